The minimum absolute atomic E-state index is 0.0418. The average Bonchev–Trinajstić information content (AvgIpc) is 2.69. The SMILES string of the molecule is OCc1cc(N2CCCOc3ccccc32)ccn1. The molecule has 0 radical (unpaired) electrons. The van der Waals surface area contributed by atoms with Crippen molar-refractivity contribution in [2.75, 3.05) is 18.1 Å². The van der Waals surface area contributed by atoms with Crippen LogP contribution in [-0.2, 0) is 6.61 Å². The number of rotatable bonds is 2. The second-order valence-corrected chi connectivity index (χ2v) is 4.48. The van der Waals surface area contributed by atoms with E-state index in [0.29, 0.717) is 5.69 Å². The number of fused-ring (bicyclic) bond motifs is 1. The second-order valence-electron chi connectivity index (χ2n) is 4.48. The van der Waals surface area contributed by atoms with Gasteiger partial charge in [-0.2, -0.15) is 0 Å². The fourth-order valence-corrected chi connectivity index (χ4v) is 2.32. The van der Waals surface area contributed by atoms with Crippen LogP contribution in [0.2, 0.25) is 0 Å². The second kappa shape index (κ2) is 5.28. The number of aliphatic hydroxyl groups is 1. The maximum atomic E-state index is 9.21. The molecule has 3 rings (SSSR count). The Labute approximate surface area is 112 Å². The molecule has 0 aliphatic carbocycles. The van der Waals surface area contributed by atoms with E-state index in [1.54, 1.807) is 6.20 Å². The molecule has 0 unspecified atom stereocenters. The lowest BCUT2D eigenvalue weighted by Crippen LogP contribution is -2.17. The number of hydrogen-bond acceptors (Lipinski definition) is 4. The van der Waals surface area contributed by atoms with Crippen molar-refractivity contribution >= 4 is 11.4 Å². The molecule has 1 aromatic heterocycles. The van der Waals surface area contributed by atoms with Crippen LogP contribution in [0.15, 0.2) is 42.6 Å². The van der Waals surface area contributed by atoms with Crippen LogP contribution in [0.5, 0.6) is 5.75 Å². The van der Waals surface area contributed by atoms with E-state index in [-0.39, 0.29) is 6.61 Å². The van der Waals surface area contributed by atoms with Crippen molar-refractivity contribution in [1.29, 1.82) is 0 Å². The highest BCUT2D eigenvalue weighted by Gasteiger charge is 2.17. The van der Waals surface area contributed by atoms with Gasteiger partial charge in [0.15, 0.2) is 0 Å². The molecule has 0 spiro atoms. The summed E-state index contributed by atoms with van der Waals surface area (Å²) in [5, 5.41) is 9.21. The highest BCUT2D eigenvalue weighted by molar-refractivity contribution is 5.69. The monoisotopic (exact) mass is 256 g/mol. The lowest BCUT2D eigenvalue weighted by atomic mass is 10.2. The predicted octanol–water partition coefficient (Wildman–Crippen LogP) is 2.49. The van der Waals surface area contributed by atoms with Gasteiger partial charge in [0.05, 0.1) is 24.6 Å². The fraction of sp³-hybridized carbons (Fsp3) is 0.267. The maximum absolute atomic E-state index is 9.21. The predicted molar refractivity (Wildman–Crippen MR) is 73.7 cm³/mol. The summed E-state index contributed by atoms with van der Waals surface area (Å²) < 4.78 is 5.75. The van der Waals surface area contributed by atoms with Crippen molar-refractivity contribution in [3.05, 3.63) is 48.3 Å². The zero-order valence-corrected chi connectivity index (χ0v) is 10.6. The molecule has 1 aromatic carbocycles. The molecular weight excluding hydrogens is 240 g/mol. The van der Waals surface area contributed by atoms with Crippen LogP contribution in [0, 0.1) is 0 Å². The molecule has 0 bridgehead atoms. The summed E-state index contributed by atoms with van der Waals surface area (Å²) in [4.78, 5) is 6.34. The van der Waals surface area contributed by atoms with Crippen LogP contribution in [0.4, 0.5) is 11.4 Å². The van der Waals surface area contributed by atoms with Gasteiger partial charge in [-0.3, -0.25) is 4.98 Å². The van der Waals surface area contributed by atoms with E-state index in [1.807, 2.05) is 30.3 Å². The zero-order chi connectivity index (χ0) is 13.1. The standard InChI is InChI=1S/C15H16N2O2/c18-11-12-10-13(6-7-16-12)17-8-3-9-19-15-5-2-1-4-14(15)17/h1-2,4-7,10,18H,3,8-9,11H2. The number of hydrogen-bond donors (Lipinski definition) is 1. The molecule has 98 valence electrons. The van der Waals surface area contributed by atoms with Gasteiger partial charge in [-0.25, -0.2) is 0 Å². The Hall–Kier alpha value is -2.07. The van der Waals surface area contributed by atoms with Crippen molar-refractivity contribution in [2.24, 2.45) is 0 Å². The molecule has 0 fully saturated rings. The summed E-state index contributed by atoms with van der Waals surface area (Å²) in [5.74, 6) is 0.905. The third kappa shape index (κ3) is 2.39. The molecule has 1 N–H and O–H groups in total. The van der Waals surface area contributed by atoms with E-state index in [0.717, 1.165) is 36.7 Å². The van der Waals surface area contributed by atoms with E-state index in [4.69, 9.17) is 4.74 Å². The normalized spacial score (nSPS) is 14.5. The third-order valence-corrected chi connectivity index (χ3v) is 3.21. The first-order chi connectivity index (χ1) is 9.38. The number of anilines is 2. The van der Waals surface area contributed by atoms with E-state index in [1.165, 1.54) is 0 Å². The minimum Gasteiger partial charge on any atom is -0.491 e. The van der Waals surface area contributed by atoms with Gasteiger partial charge in [0.1, 0.15) is 5.75 Å². The molecule has 4 nitrogen and oxygen atoms in total. The number of nitrogens with zero attached hydrogens (tertiary/aromatic N) is 2. The third-order valence-electron chi connectivity index (χ3n) is 3.21. The van der Waals surface area contributed by atoms with Crippen LogP contribution in [0.1, 0.15) is 12.1 Å². The Morgan fingerprint density at radius 1 is 1.26 bits per heavy atom. The van der Waals surface area contributed by atoms with Gasteiger partial charge < -0.3 is 14.7 Å². The van der Waals surface area contributed by atoms with Gasteiger partial charge in [-0.15, -0.1) is 0 Å². The first-order valence-corrected chi connectivity index (χ1v) is 6.43. The number of aromatic nitrogens is 1. The summed E-state index contributed by atoms with van der Waals surface area (Å²) in [6.45, 7) is 1.58. The van der Waals surface area contributed by atoms with Gasteiger partial charge in [0.2, 0.25) is 0 Å². The minimum atomic E-state index is -0.0418. The molecule has 0 amide bonds. The molecule has 0 atom stereocenters. The van der Waals surface area contributed by atoms with E-state index in [2.05, 4.69) is 16.0 Å². The van der Waals surface area contributed by atoms with Crippen molar-refractivity contribution in [3.63, 3.8) is 0 Å². The Morgan fingerprint density at radius 3 is 3.05 bits per heavy atom. The maximum Gasteiger partial charge on any atom is 0.142 e. The highest BCUT2D eigenvalue weighted by Crippen LogP contribution is 2.35. The van der Waals surface area contributed by atoms with Gasteiger partial charge >= 0.3 is 0 Å². The Balaban J connectivity index is 2.03. The van der Waals surface area contributed by atoms with Gasteiger partial charge in [0, 0.05) is 18.4 Å². The molecule has 0 saturated heterocycles. The van der Waals surface area contributed by atoms with Crippen LogP contribution < -0.4 is 9.64 Å². The van der Waals surface area contributed by atoms with Crippen LogP contribution in [-0.4, -0.2) is 23.2 Å². The summed E-state index contributed by atoms with van der Waals surface area (Å²) in [7, 11) is 0. The number of ether oxygens (including phenoxy) is 1. The number of benzene rings is 1. The van der Waals surface area contributed by atoms with Crippen LogP contribution >= 0.6 is 0 Å². The quantitative estimate of drug-likeness (QED) is 0.896. The molecule has 4 heteroatoms. The fourth-order valence-electron chi connectivity index (χ4n) is 2.32. The van der Waals surface area contributed by atoms with E-state index >= 15 is 0 Å². The number of pyridine rings is 1. The Kier molecular flexibility index (Phi) is 3.33. The molecular formula is C15H16N2O2. The molecule has 2 heterocycles. The molecule has 19 heavy (non-hydrogen) atoms. The molecule has 1 aliphatic heterocycles. The molecule has 0 saturated carbocycles. The Morgan fingerprint density at radius 2 is 2.16 bits per heavy atom. The van der Waals surface area contributed by atoms with Gasteiger partial charge in [-0.05, 0) is 30.7 Å². The largest absolute Gasteiger partial charge is 0.491 e. The zero-order valence-electron chi connectivity index (χ0n) is 10.6. The average molecular weight is 256 g/mol. The lowest BCUT2D eigenvalue weighted by Gasteiger charge is -2.24. The first kappa shape index (κ1) is 12.0. The summed E-state index contributed by atoms with van der Waals surface area (Å²) in [5.41, 5.74) is 2.78. The smallest absolute Gasteiger partial charge is 0.142 e. The summed E-state index contributed by atoms with van der Waals surface area (Å²) in [6.07, 6.45) is 2.70. The van der Waals surface area contributed by atoms with Crippen molar-refractivity contribution in [3.8, 4) is 5.75 Å². The molecule has 1 aliphatic rings. The number of aliphatic hydroxyl groups excluding tert-OH is 1. The van der Waals surface area contributed by atoms with E-state index in [9.17, 15) is 5.11 Å². The van der Waals surface area contributed by atoms with Gasteiger partial charge in [-0.1, -0.05) is 12.1 Å². The summed E-state index contributed by atoms with van der Waals surface area (Å²) in [6, 6.07) is 11.9. The Bertz CT molecular complexity index is 572. The molecule has 2 aromatic rings. The van der Waals surface area contributed by atoms with Gasteiger partial charge in [0.25, 0.3) is 0 Å². The topological polar surface area (TPSA) is 45.6 Å². The van der Waals surface area contributed by atoms with Crippen LogP contribution in [0.3, 0.4) is 0 Å². The lowest BCUT2D eigenvalue weighted by molar-refractivity contribution is 0.277. The summed E-state index contributed by atoms with van der Waals surface area (Å²) >= 11 is 0. The van der Waals surface area contributed by atoms with Crippen molar-refractivity contribution in [1.82, 2.24) is 4.98 Å². The number of para-hydroxylation sites is 2. The van der Waals surface area contributed by atoms with Crippen LogP contribution in [0.25, 0.3) is 0 Å². The van der Waals surface area contributed by atoms with Crippen molar-refractivity contribution in [2.45, 2.75) is 13.0 Å². The van der Waals surface area contributed by atoms with E-state index < -0.39 is 0 Å². The first-order valence-electron chi connectivity index (χ1n) is 6.43. The highest BCUT2D eigenvalue weighted by atomic mass is 16.5. The van der Waals surface area contributed by atoms with Crippen molar-refractivity contribution < 1.29 is 9.84 Å².